The summed E-state index contributed by atoms with van der Waals surface area (Å²) in [6.45, 7) is 11.1. The van der Waals surface area contributed by atoms with Crippen molar-refractivity contribution in [3.8, 4) is 0 Å². The zero-order chi connectivity index (χ0) is 99.5. The molecule has 0 aromatic heterocycles. The number of amides is 7. The van der Waals surface area contributed by atoms with Gasteiger partial charge in [-0.15, -0.1) is 0 Å². The van der Waals surface area contributed by atoms with Gasteiger partial charge in [0, 0.05) is 135 Å². The molecule has 0 radical (unpaired) electrons. The van der Waals surface area contributed by atoms with Crippen LogP contribution in [0.3, 0.4) is 0 Å². The van der Waals surface area contributed by atoms with Crippen molar-refractivity contribution in [2.45, 2.75) is 245 Å². The number of hydrogen-bond acceptors (Lipinski definition) is 41. The highest BCUT2D eigenvalue weighted by Crippen LogP contribution is 2.32. The summed E-state index contributed by atoms with van der Waals surface area (Å²) in [6, 6.07) is 5.76. The largest absolute Gasteiger partial charge is 0.463 e. The Morgan fingerprint density at radius 1 is 0.296 bits per heavy atom. The number of carbonyl (C=O) groups excluding carboxylic acids is 17. The number of hydrogen-bond donors (Lipinski definition) is 7. The van der Waals surface area contributed by atoms with Gasteiger partial charge < -0.3 is 151 Å². The molecule has 3 aliphatic rings. The Bertz CT molecular complexity index is 3700. The van der Waals surface area contributed by atoms with E-state index in [4.69, 9.17) is 114 Å². The average molecular weight is 1940 g/mol. The monoisotopic (exact) mass is 1930 g/mol. The van der Waals surface area contributed by atoms with Gasteiger partial charge in [0.2, 0.25) is 41.4 Å². The van der Waals surface area contributed by atoms with Crippen molar-refractivity contribution in [2.24, 2.45) is 0 Å². The zero-order valence-electron chi connectivity index (χ0n) is 78.7. The number of nitrogens with one attached hydrogen (secondary N) is 7. The maximum Gasteiger partial charge on any atom is 0.306 e. The minimum atomic E-state index is -1.52. The Morgan fingerprint density at radius 2 is 0.622 bits per heavy atom. The number of carbonyl (C=O) groups is 17. The molecule has 3 fully saturated rings. The van der Waals surface area contributed by atoms with Crippen LogP contribution in [0.15, 0.2) is 30.3 Å². The Morgan fingerprint density at radius 3 is 0.985 bits per heavy atom. The van der Waals surface area contributed by atoms with Crippen molar-refractivity contribution in [1.82, 2.24) is 37.2 Å². The van der Waals surface area contributed by atoms with Crippen LogP contribution in [0.2, 0.25) is 0 Å². The van der Waals surface area contributed by atoms with Gasteiger partial charge in [0.15, 0.2) is 49.2 Å². The normalized spacial score (nSPS) is 21.6. The molecular formula is C87H135N7O41. The van der Waals surface area contributed by atoms with E-state index in [0.717, 1.165) is 67.9 Å². The fourth-order valence-electron chi connectivity index (χ4n) is 13.6. The van der Waals surface area contributed by atoms with Crippen molar-refractivity contribution in [1.29, 1.82) is 0 Å². The van der Waals surface area contributed by atoms with E-state index in [2.05, 4.69) is 37.2 Å². The highest BCUT2D eigenvalue weighted by Gasteiger charge is 2.54. The minimum Gasteiger partial charge on any atom is -0.463 e. The molecule has 48 nitrogen and oxygen atoms in total. The van der Waals surface area contributed by atoms with Gasteiger partial charge in [0.05, 0.1) is 138 Å². The van der Waals surface area contributed by atoms with Gasteiger partial charge in [-0.05, 0) is 18.4 Å². The molecule has 3 heterocycles. The van der Waals surface area contributed by atoms with Crippen molar-refractivity contribution < 1.29 is 195 Å². The highest BCUT2D eigenvalue weighted by molar-refractivity contribution is 5.79. The fraction of sp³-hybridized carbons (Fsp3) is 0.736. The summed E-state index contributed by atoms with van der Waals surface area (Å²) >= 11 is 0. The van der Waals surface area contributed by atoms with Crippen LogP contribution in [-0.2, 0) is 202 Å². The molecule has 0 spiro atoms. The quantitative estimate of drug-likeness (QED) is 0.0225. The van der Waals surface area contributed by atoms with E-state index in [9.17, 15) is 81.5 Å². The van der Waals surface area contributed by atoms with Crippen LogP contribution in [0.5, 0.6) is 0 Å². The smallest absolute Gasteiger partial charge is 0.306 e. The van der Waals surface area contributed by atoms with Crippen LogP contribution >= 0.6 is 0 Å². The fourth-order valence-corrected chi connectivity index (χ4v) is 13.6. The third-order valence-electron chi connectivity index (χ3n) is 19.2. The number of unbranched alkanes of at least 4 members (excludes halogenated alkanes) is 3. The third kappa shape index (κ3) is 51.4. The summed E-state index contributed by atoms with van der Waals surface area (Å²) < 4.78 is 136. The Labute approximate surface area is 782 Å². The molecule has 48 heteroatoms. The lowest BCUT2D eigenvalue weighted by Gasteiger charge is -2.45. The van der Waals surface area contributed by atoms with Gasteiger partial charge in [-0.25, -0.2) is 0 Å². The molecule has 15 unspecified atom stereocenters. The molecule has 3 aliphatic heterocycles. The molecule has 0 saturated carbocycles. The lowest BCUT2D eigenvalue weighted by molar-refractivity contribution is -0.279. The summed E-state index contributed by atoms with van der Waals surface area (Å²) in [7, 11) is 0. The van der Waals surface area contributed by atoms with E-state index in [1.54, 1.807) is 0 Å². The van der Waals surface area contributed by atoms with Crippen LogP contribution in [0.1, 0.15) is 146 Å². The van der Waals surface area contributed by atoms with Crippen LogP contribution < -0.4 is 37.2 Å². The second-order valence-electron chi connectivity index (χ2n) is 31.1. The van der Waals surface area contributed by atoms with E-state index < -0.39 is 212 Å². The first-order valence-corrected chi connectivity index (χ1v) is 44.4. The zero-order valence-corrected chi connectivity index (χ0v) is 78.7. The predicted molar refractivity (Wildman–Crippen MR) is 459 cm³/mol. The van der Waals surface area contributed by atoms with E-state index in [1.165, 1.54) is 20.8 Å². The molecule has 764 valence electrons. The molecular weight excluding hydrogens is 1800 g/mol. The third-order valence-corrected chi connectivity index (χ3v) is 19.2. The molecule has 4 rings (SSSR count). The predicted octanol–water partition coefficient (Wildman–Crippen LogP) is -1.36. The number of benzene rings is 1. The molecule has 3 saturated heterocycles. The van der Waals surface area contributed by atoms with Crippen LogP contribution in [-0.4, -0.2) is 370 Å². The lowest BCUT2D eigenvalue weighted by atomic mass is 9.92. The van der Waals surface area contributed by atoms with E-state index in [1.807, 2.05) is 30.3 Å². The van der Waals surface area contributed by atoms with Crippen LogP contribution in [0.4, 0.5) is 0 Å². The molecule has 135 heavy (non-hydrogen) atoms. The van der Waals surface area contributed by atoms with Crippen molar-refractivity contribution in [3.63, 3.8) is 0 Å². The highest BCUT2D eigenvalue weighted by atomic mass is 16.7. The minimum absolute atomic E-state index is 0.00000787. The van der Waals surface area contributed by atoms with Gasteiger partial charge in [0.25, 0.3) is 0 Å². The Balaban J connectivity index is 1.38. The first-order chi connectivity index (χ1) is 64.4. The SMILES string of the molecule is CC(=O)NC1C(COCCOCCNC(=O)CCOCC(COCCC(=O)NCCOCCOCCOC2OC(COC(C)=O)C(OC(C)=O)C(OC(C)=O)C2NC(C)=O)(COCCC(=O)NCCOCCOCCOC2OC(COC(C)=O)C(OC(C)=O)C(OC(C)=O)C2NC(C)=O)NC(=O)CCCCCCC(=O)OCc2ccccc2)OC(COC(C)=O)C(OC(C)=O)C1OC(C)=O. The van der Waals surface area contributed by atoms with Gasteiger partial charge >= 0.3 is 59.7 Å². The molecule has 1 aromatic carbocycles. The molecule has 15 atom stereocenters. The van der Waals surface area contributed by atoms with Crippen molar-refractivity contribution in [2.75, 3.05) is 172 Å². The van der Waals surface area contributed by atoms with E-state index in [-0.39, 0.29) is 196 Å². The Hall–Kier alpha value is -10.4. The second kappa shape index (κ2) is 67.0. The molecule has 0 bridgehead atoms. The summed E-state index contributed by atoms with van der Waals surface area (Å²) in [6.07, 6.45) is -13.3. The average Bonchev–Trinajstić information content (AvgIpc) is 0.794. The van der Waals surface area contributed by atoms with Gasteiger partial charge in [-0.3, -0.25) is 81.5 Å². The first-order valence-electron chi connectivity index (χ1n) is 44.4. The number of ether oxygens (including phenoxy) is 24. The topological polar surface area (TPSA) is 596 Å². The lowest BCUT2D eigenvalue weighted by Crippen LogP contribution is -2.67. The van der Waals surface area contributed by atoms with E-state index in [0.29, 0.717) is 25.7 Å². The van der Waals surface area contributed by atoms with Crippen molar-refractivity contribution in [3.05, 3.63) is 35.9 Å². The van der Waals surface area contributed by atoms with Crippen LogP contribution in [0.25, 0.3) is 0 Å². The maximum absolute atomic E-state index is 14.1. The first kappa shape index (κ1) is 117. The van der Waals surface area contributed by atoms with Gasteiger partial charge in [-0.2, -0.15) is 0 Å². The number of rotatable bonds is 68. The van der Waals surface area contributed by atoms with Gasteiger partial charge in [-0.1, -0.05) is 43.2 Å². The van der Waals surface area contributed by atoms with E-state index >= 15 is 0 Å². The summed E-state index contributed by atoms with van der Waals surface area (Å²) in [5, 5.41) is 19.1. The molecule has 0 aliphatic carbocycles. The standard InChI is InChI=1S/C87H135N7O41/c1-54(95)91-76-67(133-68(48-123-57(4)98)79(127-60(7)101)82(76)130-63(10)104)47-117-41-40-114-35-29-90-73(109)26-32-120-53-87(94-74(110)22-18-13-14-19-23-75(111)126-46-66-20-16-15-17-21-66,51-118-30-24-71(107)88-27-33-112-36-38-115-42-44-121-85-77(92-55(2)96)83(131-64(11)105)80(128-61(8)102)69(134-85)49-124-58(5)99)52-119-31-25-72(108)89-28-34-113-37-39-116-43-45-122-86-78(93-56(3)97)84(132-65(12)106)81(129-62(9)103)70(135-86)50-125-59(6)100/h15-17,20-21,67-70,76-86H,13-14,18-19,22-53H2,1-12H3,(H,88,107)(H,89,108)(H,90,109)(H,91,95)(H,92,96)(H,93,97)(H,94,110). The molecule has 7 N–H and O–H groups in total. The second-order valence-corrected chi connectivity index (χ2v) is 31.1. The molecule has 7 amide bonds. The summed E-state index contributed by atoms with van der Waals surface area (Å²) in [5.41, 5.74) is -0.676. The summed E-state index contributed by atoms with van der Waals surface area (Å²) in [5.74, 6) is -10.5. The molecule has 1 aromatic rings. The van der Waals surface area contributed by atoms with Crippen LogP contribution in [0, 0.1) is 0 Å². The maximum atomic E-state index is 14.1. The van der Waals surface area contributed by atoms with Gasteiger partial charge in [0.1, 0.15) is 68.5 Å². The van der Waals surface area contributed by atoms with Crippen molar-refractivity contribution >= 4 is 101 Å². The summed E-state index contributed by atoms with van der Waals surface area (Å²) in [4.78, 5) is 212. The number of esters is 10. The Kier molecular flexibility index (Phi) is 58.0.